The summed E-state index contributed by atoms with van der Waals surface area (Å²) in [5.74, 6) is -0.0520. The Morgan fingerprint density at radius 3 is 2.39 bits per heavy atom. The summed E-state index contributed by atoms with van der Waals surface area (Å²) in [7, 11) is 0. The summed E-state index contributed by atoms with van der Waals surface area (Å²) in [6, 6.07) is 0. The second-order valence-electron chi connectivity index (χ2n) is 14.8. The molecule has 0 radical (unpaired) electrons. The Balaban J connectivity index is 1.63. The van der Waals surface area contributed by atoms with Crippen LogP contribution in [0.5, 0.6) is 0 Å². The third-order valence-electron chi connectivity index (χ3n) is 12.5. The van der Waals surface area contributed by atoms with E-state index in [0.29, 0.717) is 13.0 Å². The van der Waals surface area contributed by atoms with E-state index in [0.717, 1.165) is 50.5 Å². The highest BCUT2D eigenvalue weighted by atomic mass is 16.5. The number of Topliss-reactive ketones (excluding diaryl/α,β-unsaturated/α-hetero) is 1. The maximum Gasteiger partial charge on any atom is 0.305 e. The van der Waals surface area contributed by atoms with E-state index in [2.05, 4.69) is 39.5 Å². The third kappa shape index (κ3) is 3.57. The molecule has 0 amide bonds. The van der Waals surface area contributed by atoms with Gasteiger partial charge in [0, 0.05) is 29.1 Å². The molecule has 0 unspecified atom stereocenters. The molecule has 5 aliphatic carbocycles. The molecular weight excluding hydrogens is 474 g/mol. The summed E-state index contributed by atoms with van der Waals surface area (Å²) in [4.78, 5) is 43.2. The van der Waals surface area contributed by atoms with Crippen molar-refractivity contribution in [3.8, 4) is 0 Å². The van der Waals surface area contributed by atoms with E-state index in [1.165, 1.54) is 0 Å². The van der Waals surface area contributed by atoms with Crippen LogP contribution in [-0.4, -0.2) is 24.1 Å². The van der Waals surface area contributed by atoms with Crippen molar-refractivity contribution in [3.63, 3.8) is 0 Å². The smallest absolute Gasteiger partial charge is 0.305 e. The van der Waals surface area contributed by atoms with Crippen molar-refractivity contribution in [2.24, 2.45) is 50.7 Å². The predicted octanol–water partition coefficient (Wildman–Crippen LogP) is 7.12. The lowest BCUT2D eigenvalue weighted by molar-refractivity contribution is -0.183. The molecule has 0 aromatic carbocycles. The molecule has 5 nitrogen and oxygen atoms in total. The minimum absolute atomic E-state index is 0.0496. The van der Waals surface area contributed by atoms with Crippen molar-refractivity contribution in [2.75, 3.05) is 6.61 Å². The topological polar surface area (TPSA) is 64.8 Å². The molecule has 8 atom stereocenters. The average molecular weight is 520 g/mol. The van der Waals surface area contributed by atoms with Crippen LogP contribution < -0.4 is 0 Å². The fourth-order valence-electron chi connectivity index (χ4n) is 9.91. The number of hydrogen-bond acceptors (Lipinski definition) is 4. The van der Waals surface area contributed by atoms with E-state index in [1.807, 2.05) is 26.0 Å². The zero-order chi connectivity index (χ0) is 27.9. The zero-order valence-corrected chi connectivity index (χ0v) is 24.4. The summed E-state index contributed by atoms with van der Waals surface area (Å²) >= 11 is 0. The molecule has 0 aromatic heterocycles. The second-order valence-corrected chi connectivity index (χ2v) is 14.8. The van der Waals surface area contributed by atoms with Gasteiger partial charge in [-0.1, -0.05) is 60.1 Å². The van der Waals surface area contributed by atoms with Crippen LogP contribution in [0.3, 0.4) is 0 Å². The van der Waals surface area contributed by atoms with Gasteiger partial charge in [-0.2, -0.15) is 0 Å². The molecular formula is C33H45NO4. The Kier molecular flexibility index (Phi) is 6.22. The van der Waals surface area contributed by atoms with Crippen molar-refractivity contribution in [1.29, 1.82) is 0 Å². The van der Waals surface area contributed by atoms with E-state index in [9.17, 15) is 14.4 Å². The molecule has 5 aliphatic rings. The molecule has 38 heavy (non-hydrogen) atoms. The van der Waals surface area contributed by atoms with Gasteiger partial charge in [0.2, 0.25) is 5.70 Å². The number of fused-ring (bicyclic) bond motifs is 7. The number of ketones is 2. The Morgan fingerprint density at radius 1 is 1.05 bits per heavy atom. The van der Waals surface area contributed by atoms with Gasteiger partial charge in [-0.25, -0.2) is 4.85 Å². The van der Waals surface area contributed by atoms with Gasteiger partial charge in [-0.3, -0.25) is 9.59 Å². The van der Waals surface area contributed by atoms with Gasteiger partial charge >= 0.3 is 5.97 Å². The molecule has 0 heterocycles. The number of esters is 1. The van der Waals surface area contributed by atoms with Crippen molar-refractivity contribution in [2.45, 2.75) is 99.8 Å². The van der Waals surface area contributed by atoms with Crippen LogP contribution in [0.1, 0.15) is 99.8 Å². The van der Waals surface area contributed by atoms with E-state index >= 15 is 0 Å². The molecule has 0 bridgehead atoms. The molecule has 5 rings (SSSR count). The van der Waals surface area contributed by atoms with Gasteiger partial charge in [-0.15, -0.1) is 0 Å². The highest BCUT2D eigenvalue weighted by Crippen LogP contribution is 2.73. The average Bonchev–Trinajstić information content (AvgIpc) is 2.86. The maximum atomic E-state index is 14.4. The molecule has 0 aliphatic heterocycles. The van der Waals surface area contributed by atoms with Gasteiger partial charge < -0.3 is 9.53 Å². The fraction of sp³-hybridized carbons (Fsp3) is 0.758. The SMILES string of the molecule is [C-]#[N+]C1=C[C@]2(C)C3=CC(=O)[C@@H]4[C@@H]5CC(C)(C)CC[C@]5(COC(=O)CC)CC[C@@]4(C)[C@]3(C)CC[C@H]2[C@H](C)C1=O. The first-order chi connectivity index (χ1) is 17.7. The molecule has 3 fully saturated rings. The van der Waals surface area contributed by atoms with Crippen LogP contribution in [0.4, 0.5) is 0 Å². The molecule has 0 N–H and O–H groups in total. The third-order valence-corrected chi connectivity index (χ3v) is 12.5. The molecule has 5 heteroatoms. The van der Waals surface area contributed by atoms with Crippen LogP contribution >= 0.6 is 0 Å². The van der Waals surface area contributed by atoms with Gasteiger partial charge in [0.1, 0.15) is 0 Å². The number of carbonyl (C=O) groups is 3. The lowest BCUT2D eigenvalue weighted by Gasteiger charge is -2.68. The number of ether oxygens (including phenoxy) is 1. The molecule has 0 saturated heterocycles. The lowest BCUT2D eigenvalue weighted by atomic mass is 9.35. The van der Waals surface area contributed by atoms with Crippen molar-refractivity contribution in [3.05, 3.63) is 34.8 Å². The quantitative estimate of drug-likeness (QED) is 0.294. The number of nitrogens with zero attached hydrogens (tertiary/aromatic N) is 1. The van der Waals surface area contributed by atoms with Crippen LogP contribution in [0, 0.1) is 57.3 Å². The van der Waals surface area contributed by atoms with Gasteiger partial charge in [0.15, 0.2) is 11.6 Å². The number of hydrogen-bond donors (Lipinski definition) is 0. The first kappa shape index (κ1) is 27.4. The van der Waals surface area contributed by atoms with Gasteiger partial charge in [0.05, 0.1) is 13.2 Å². The second kappa shape index (κ2) is 8.64. The Morgan fingerprint density at radius 2 is 1.74 bits per heavy atom. The van der Waals surface area contributed by atoms with E-state index < -0.39 is 5.41 Å². The van der Waals surface area contributed by atoms with Gasteiger partial charge in [0.25, 0.3) is 0 Å². The van der Waals surface area contributed by atoms with E-state index in [-0.39, 0.29) is 68.6 Å². The van der Waals surface area contributed by atoms with Crippen molar-refractivity contribution in [1.82, 2.24) is 0 Å². The predicted molar refractivity (Wildman–Crippen MR) is 147 cm³/mol. The largest absolute Gasteiger partial charge is 0.465 e. The number of rotatable bonds is 3. The maximum absolute atomic E-state index is 14.4. The van der Waals surface area contributed by atoms with Crippen molar-refractivity contribution < 1.29 is 19.1 Å². The first-order valence-corrected chi connectivity index (χ1v) is 14.7. The van der Waals surface area contributed by atoms with Crippen LogP contribution in [0.25, 0.3) is 4.85 Å². The summed E-state index contributed by atoms with van der Waals surface area (Å²) in [6.45, 7) is 23.4. The lowest BCUT2D eigenvalue weighted by Crippen LogP contribution is -2.64. The van der Waals surface area contributed by atoms with Crippen LogP contribution in [0.2, 0.25) is 0 Å². The van der Waals surface area contributed by atoms with Crippen LogP contribution in [0.15, 0.2) is 23.4 Å². The van der Waals surface area contributed by atoms with Crippen molar-refractivity contribution >= 4 is 17.5 Å². The molecule has 206 valence electrons. The number of carbonyl (C=O) groups excluding carboxylic acids is 3. The van der Waals surface area contributed by atoms with Gasteiger partial charge in [-0.05, 0) is 79.1 Å². The Bertz CT molecular complexity index is 1190. The highest BCUT2D eigenvalue weighted by molar-refractivity contribution is 6.01. The Hall–Kier alpha value is -2.22. The standard InChI is InChI=1S/C33H45NO4/c1-9-26(36)38-19-33-14-12-29(3,4)17-22(33)27-24(35)16-25-30(5)18-23(34-8)28(37)20(2)21(30)10-11-31(25,6)32(27,7)13-15-33/h16,18,20-22,27H,9-15,17,19H2,1-7H3/t20-,21-,22-,27-,30-,31+,32+,33+/m0/s1. The van der Waals surface area contributed by atoms with Crippen LogP contribution in [-0.2, 0) is 19.1 Å². The number of allylic oxidation sites excluding steroid dienone is 4. The van der Waals surface area contributed by atoms with E-state index in [1.54, 1.807) is 0 Å². The fourth-order valence-corrected chi connectivity index (χ4v) is 9.91. The highest BCUT2D eigenvalue weighted by Gasteiger charge is 2.69. The summed E-state index contributed by atoms with van der Waals surface area (Å²) < 4.78 is 5.84. The zero-order valence-electron chi connectivity index (χ0n) is 24.4. The first-order valence-electron chi connectivity index (χ1n) is 14.7. The Labute approximate surface area is 228 Å². The minimum Gasteiger partial charge on any atom is -0.465 e. The summed E-state index contributed by atoms with van der Waals surface area (Å²) in [5, 5.41) is 0. The summed E-state index contributed by atoms with van der Waals surface area (Å²) in [5.41, 5.74) is 0.472. The molecule has 0 spiro atoms. The normalized spacial score (nSPS) is 45.3. The van der Waals surface area contributed by atoms with E-state index in [4.69, 9.17) is 11.3 Å². The minimum atomic E-state index is -0.471. The molecule has 0 aromatic rings. The molecule has 3 saturated carbocycles. The summed E-state index contributed by atoms with van der Waals surface area (Å²) in [6.07, 6.45) is 11.0. The monoisotopic (exact) mass is 519 g/mol.